The monoisotopic (exact) mass is 491 g/mol. The van der Waals surface area contributed by atoms with Crippen molar-refractivity contribution in [3.05, 3.63) is 81.3 Å². The minimum absolute atomic E-state index is 0.204. The summed E-state index contributed by atoms with van der Waals surface area (Å²) in [5.41, 5.74) is 2.85. The maximum absolute atomic E-state index is 13.2. The van der Waals surface area contributed by atoms with Gasteiger partial charge >= 0.3 is 5.97 Å². The number of ether oxygens (including phenoxy) is 2. The van der Waals surface area contributed by atoms with Gasteiger partial charge in [0.05, 0.1) is 25.0 Å². The highest BCUT2D eigenvalue weighted by molar-refractivity contribution is 5.98. The molecular formula is C28H33N3O5. The number of benzene rings is 2. The first-order valence-electron chi connectivity index (χ1n) is 12.2. The van der Waals surface area contributed by atoms with Crippen molar-refractivity contribution in [3.63, 3.8) is 0 Å². The number of amides is 1. The molecule has 1 heterocycles. The van der Waals surface area contributed by atoms with Crippen molar-refractivity contribution in [2.45, 2.75) is 52.5 Å². The molecule has 3 aromatic rings. The molecular weight excluding hydrogens is 458 g/mol. The molecule has 190 valence electrons. The zero-order valence-corrected chi connectivity index (χ0v) is 21.2. The maximum Gasteiger partial charge on any atom is 0.328 e. The summed E-state index contributed by atoms with van der Waals surface area (Å²) in [7, 11) is 1.29. The lowest BCUT2D eigenvalue weighted by Gasteiger charge is -2.18. The highest BCUT2D eigenvalue weighted by atomic mass is 16.5. The van der Waals surface area contributed by atoms with Crippen LogP contribution in [0, 0.1) is 0 Å². The Morgan fingerprint density at radius 2 is 1.81 bits per heavy atom. The Morgan fingerprint density at radius 1 is 1.06 bits per heavy atom. The summed E-state index contributed by atoms with van der Waals surface area (Å²) in [6, 6.07) is 13.5. The molecule has 1 atom stereocenters. The van der Waals surface area contributed by atoms with E-state index >= 15 is 0 Å². The van der Waals surface area contributed by atoms with Crippen LogP contribution in [0.5, 0.6) is 5.75 Å². The molecule has 0 bridgehead atoms. The number of carbonyl (C=O) groups excluding carboxylic acids is 2. The zero-order chi connectivity index (χ0) is 26.1. The first-order valence-corrected chi connectivity index (χ1v) is 12.2. The smallest absolute Gasteiger partial charge is 0.328 e. The molecule has 1 amide bonds. The zero-order valence-electron chi connectivity index (χ0n) is 21.2. The van der Waals surface area contributed by atoms with Crippen LogP contribution in [-0.4, -0.2) is 41.6 Å². The highest BCUT2D eigenvalue weighted by Gasteiger charge is 2.24. The summed E-state index contributed by atoms with van der Waals surface area (Å²) in [5.74, 6) is -0.141. The van der Waals surface area contributed by atoms with E-state index in [1.807, 2.05) is 51.1 Å². The Hall–Kier alpha value is -3.94. The molecule has 0 aliphatic rings. The molecule has 2 N–H and O–H groups in total. The number of aromatic nitrogens is 2. The van der Waals surface area contributed by atoms with E-state index in [4.69, 9.17) is 9.47 Å². The molecule has 0 saturated carbocycles. The van der Waals surface area contributed by atoms with Gasteiger partial charge in [0.2, 0.25) is 0 Å². The molecule has 36 heavy (non-hydrogen) atoms. The van der Waals surface area contributed by atoms with Gasteiger partial charge in [-0.2, -0.15) is 0 Å². The molecule has 3 rings (SSSR count). The number of methoxy groups -OCH3 is 1. The number of rotatable bonds is 11. The first-order chi connectivity index (χ1) is 17.4. The highest BCUT2D eigenvalue weighted by Crippen LogP contribution is 2.29. The second kappa shape index (κ2) is 12.7. The van der Waals surface area contributed by atoms with Crippen LogP contribution in [0.15, 0.2) is 53.3 Å². The fourth-order valence-corrected chi connectivity index (χ4v) is 3.95. The Bertz CT molecular complexity index is 1250. The molecule has 2 aromatic carbocycles. The van der Waals surface area contributed by atoms with E-state index in [1.54, 1.807) is 18.2 Å². The molecule has 1 aromatic heterocycles. The van der Waals surface area contributed by atoms with Crippen LogP contribution in [0.25, 0.3) is 11.4 Å². The van der Waals surface area contributed by atoms with Crippen molar-refractivity contribution in [1.82, 2.24) is 15.3 Å². The van der Waals surface area contributed by atoms with Crippen LogP contribution < -0.4 is 15.6 Å². The standard InChI is InChI=1S/C28H33N3O5/c1-5-15-36-24-14-13-19(17-21(24)25-29-22(7-3)20(6-2)27(33)31-25)26(32)30-23(28(34)35-4)16-18-11-9-8-10-12-18/h8-14,17,23H,5-7,15-16H2,1-4H3,(H,30,32)(H,29,31,33). The second-order valence-corrected chi connectivity index (χ2v) is 8.35. The molecule has 8 nitrogen and oxygen atoms in total. The fourth-order valence-electron chi connectivity index (χ4n) is 3.95. The van der Waals surface area contributed by atoms with Crippen LogP contribution >= 0.6 is 0 Å². The third-order valence-electron chi connectivity index (χ3n) is 5.82. The van der Waals surface area contributed by atoms with Crippen molar-refractivity contribution in [2.75, 3.05) is 13.7 Å². The summed E-state index contributed by atoms with van der Waals surface area (Å²) in [6.07, 6.45) is 2.26. The van der Waals surface area contributed by atoms with Crippen LogP contribution in [0.1, 0.15) is 54.4 Å². The van der Waals surface area contributed by atoms with Crippen molar-refractivity contribution in [1.29, 1.82) is 0 Å². The van der Waals surface area contributed by atoms with E-state index in [-0.39, 0.29) is 12.0 Å². The van der Waals surface area contributed by atoms with Crippen molar-refractivity contribution >= 4 is 11.9 Å². The van der Waals surface area contributed by atoms with Gasteiger partial charge in [0, 0.05) is 17.5 Å². The number of aryl methyl sites for hydroxylation is 1. The van der Waals surface area contributed by atoms with Crippen LogP contribution in [0.2, 0.25) is 0 Å². The normalized spacial score (nSPS) is 11.6. The van der Waals surface area contributed by atoms with E-state index in [2.05, 4.69) is 15.3 Å². The number of H-pyrrole nitrogens is 1. The lowest BCUT2D eigenvalue weighted by Crippen LogP contribution is -2.43. The number of carbonyl (C=O) groups is 2. The Kier molecular flexibility index (Phi) is 9.39. The summed E-state index contributed by atoms with van der Waals surface area (Å²) in [5, 5.41) is 2.78. The third-order valence-corrected chi connectivity index (χ3v) is 5.82. The van der Waals surface area contributed by atoms with Gasteiger partial charge in [-0.15, -0.1) is 0 Å². The van der Waals surface area contributed by atoms with Crippen molar-refractivity contribution < 1.29 is 19.1 Å². The van der Waals surface area contributed by atoms with Gasteiger partial charge in [-0.05, 0) is 43.0 Å². The SMILES string of the molecule is CCCOc1ccc(C(=O)NC(Cc2ccccc2)C(=O)OC)cc1-c1nc(CC)c(CC)c(=O)[nH]1. The van der Waals surface area contributed by atoms with E-state index < -0.39 is 17.9 Å². The van der Waals surface area contributed by atoms with Crippen LogP contribution in [0.4, 0.5) is 0 Å². The van der Waals surface area contributed by atoms with E-state index in [1.165, 1.54) is 7.11 Å². The minimum atomic E-state index is -0.863. The molecule has 8 heteroatoms. The molecule has 0 radical (unpaired) electrons. The molecule has 0 spiro atoms. The third kappa shape index (κ3) is 6.38. The molecule has 0 aliphatic carbocycles. The summed E-state index contributed by atoms with van der Waals surface area (Å²) in [4.78, 5) is 45.9. The maximum atomic E-state index is 13.2. The minimum Gasteiger partial charge on any atom is -0.493 e. The number of hydrogen-bond acceptors (Lipinski definition) is 6. The topological polar surface area (TPSA) is 110 Å². The Labute approximate surface area is 211 Å². The van der Waals surface area contributed by atoms with Gasteiger partial charge in [0.1, 0.15) is 17.6 Å². The van der Waals surface area contributed by atoms with E-state index in [0.717, 1.165) is 12.0 Å². The number of hydrogen-bond donors (Lipinski definition) is 2. The number of nitrogens with one attached hydrogen (secondary N) is 2. The van der Waals surface area contributed by atoms with Crippen molar-refractivity contribution in [3.8, 4) is 17.1 Å². The van der Waals surface area contributed by atoms with Gasteiger partial charge in [-0.25, -0.2) is 9.78 Å². The number of esters is 1. The first kappa shape index (κ1) is 26.7. The predicted octanol–water partition coefficient (Wildman–Crippen LogP) is 3.86. The molecule has 1 unspecified atom stereocenters. The lowest BCUT2D eigenvalue weighted by atomic mass is 10.0. The molecule has 0 aliphatic heterocycles. The predicted molar refractivity (Wildman–Crippen MR) is 138 cm³/mol. The van der Waals surface area contributed by atoms with E-state index in [0.29, 0.717) is 53.4 Å². The largest absolute Gasteiger partial charge is 0.493 e. The number of nitrogens with zero attached hydrogens (tertiary/aromatic N) is 1. The van der Waals surface area contributed by atoms with E-state index in [9.17, 15) is 14.4 Å². The second-order valence-electron chi connectivity index (χ2n) is 8.35. The van der Waals surface area contributed by atoms with Gasteiger partial charge in [-0.1, -0.05) is 51.1 Å². The summed E-state index contributed by atoms with van der Waals surface area (Å²) >= 11 is 0. The summed E-state index contributed by atoms with van der Waals surface area (Å²) < 4.78 is 10.8. The Morgan fingerprint density at radius 3 is 2.44 bits per heavy atom. The quantitative estimate of drug-likeness (QED) is 0.394. The van der Waals surface area contributed by atoms with Gasteiger partial charge < -0.3 is 19.8 Å². The van der Waals surface area contributed by atoms with Crippen LogP contribution in [0.3, 0.4) is 0 Å². The molecule has 0 saturated heterocycles. The lowest BCUT2D eigenvalue weighted by molar-refractivity contribution is -0.142. The van der Waals surface area contributed by atoms with Gasteiger partial charge in [0.25, 0.3) is 11.5 Å². The van der Waals surface area contributed by atoms with Crippen LogP contribution in [-0.2, 0) is 28.8 Å². The van der Waals surface area contributed by atoms with Gasteiger partial charge in [-0.3, -0.25) is 9.59 Å². The van der Waals surface area contributed by atoms with Gasteiger partial charge in [0.15, 0.2) is 0 Å². The summed E-state index contributed by atoms with van der Waals surface area (Å²) in [6.45, 7) is 6.33. The average Bonchev–Trinajstić information content (AvgIpc) is 2.90. The number of aromatic amines is 1. The molecule has 0 fully saturated rings. The average molecular weight is 492 g/mol. The Balaban J connectivity index is 1.98. The van der Waals surface area contributed by atoms with Crippen molar-refractivity contribution in [2.24, 2.45) is 0 Å². The fraction of sp³-hybridized carbons (Fsp3) is 0.357.